The van der Waals surface area contributed by atoms with E-state index in [1.165, 1.54) is 21.5 Å². The quantitative estimate of drug-likeness (QED) is 0.232. The van der Waals surface area contributed by atoms with Gasteiger partial charge >= 0.3 is 0 Å². The predicted octanol–water partition coefficient (Wildman–Crippen LogP) is 9.45. The zero-order valence-electron chi connectivity index (χ0n) is 21.4. The average Bonchev–Trinajstić information content (AvgIpc) is 3.56. The average molecular weight is 512 g/mol. The van der Waals surface area contributed by atoms with E-state index in [0.29, 0.717) is 11.4 Å². The van der Waals surface area contributed by atoms with E-state index >= 15 is 0 Å². The third-order valence-corrected chi connectivity index (χ3v) is 7.97. The molecule has 4 heteroatoms. The molecule has 0 amide bonds. The van der Waals surface area contributed by atoms with E-state index in [1.807, 2.05) is 18.2 Å². The van der Waals surface area contributed by atoms with Crippen molar-refractivity contribution in [2.45, 2.75) is 0 Å². The number of rotatable bonds is 2. The zero-order valence-corrected chi connectivity index (χ0v) is 21.4. The molecule has 0 aliphatic heterocycles. The van der Waals surface area contributed by atoms with Crippen molar-refractivity contribution in [1.82, 2.24) is 14.5 Å². The molecule has 0 aliphatic rings. The van der Waals surface area contributed by atoms with Gasteiger partial charge in [-0.2, -0.15) is 0 Å². The number of fused-ring (bicyclic) bond motifs is 9. The number of para-hydroxylation sites is 1. The molecule has 3 aromatic heterocycles. The molecule has 0 fully saturated rings. The molecule has 0 unspecified atom stereocenters. The smallest absolute Gasteiger partial charge is 0.197 e. The van der Waals surface area contributed by atoms with Gasteiger partial charge in [-0.3, -0.25) is 4.57 Å². The first-order valence-electron chi connectivity index (χ1n) is 13.4. The van der Waals surface area contributed by atoms with Crippen LogP contribution in [0.1, 0.15) is 0 Å². The first kappa shape index (κ1) is 21.5. The maximum Gasteiger partial charge on any atom is 0.197 e. The molecule has 0 N–H and O–H groups in total. The number of hydrogen-bond donors (Lipinski definition) is 0. The number of aromatic nitrogens is 3. The van der Waals surface area contributed by atoms with Gasteiger partial charge in [-0.15, -0.1) is 0 Å². The van der Waals surface area contributed by atoms with E-state index in [1.54, 1.807) is 0 Å². The standard InChI is InChI=1S/C36H21N3O/c1-2-11-23(12-3-1)35-37-32-28-19-18-22-10-6-7-15-26(22)33(28)40-34(32)36(38-35)39-30-17-9-8-16-27(30)29-20-24-13-4-5-14-25(24)21-31(29)39/h1-21H. The normalized spacial score (nSPS) is 12.0. The summed E-state index contributed by atoms with van der Waals surface area (Å²) in [6.07, 6.45) is 0. The third kappa shape index (κ3) is 2.96. The van der Waals surface area contributed by atoms with E-state index in [-0.39, 0.29) is 0 Å². The molecule has 3 heterocycles. The molecule has 40 heavy (non-hydrogen) atoms. The molecule has 0 saturated heterocycles. The van der Waals surface area contributed by atoms with Gasteiger partial charge in [-0.1, -0.05) is 103 Å². The lowest BCUT2D eigenvalue weighted by molar-refractivity contribution is 0.666. The topological polar surface area (TPSA) is 43.9 Å². The van der Waals surface area contributed by atoms with Crippen molar-refractivity contribution in [3.63, 3.8) is 0 Å². The summed E-state index contributed by atoms with van der Waals surface area (Å²) >= 11 is 0. The molecule has 9 rings (SSSR count). The lowest BCUT2D eigenvalue weighted by atomic mass is 10.1. The Bertz CT molecular complexity index is 2430. The van der Waals surface area contributed by atoms with Crippen molar-refractivity contribution in [2.24, 2.45) is 0 Å². The van der Waals surface area contributed by atoms with Crippen LogP contribution in [0.15, 0.2) is 132 Å². The van der Waals surface area contributed by atoms with E-state index in [4.69, 9.17) is 14.4 Å². The molecule has 0 bridgehead atoms. The fourth-order valence-electron chi connectivity index (χ4n) is 6.11. The SMILES string of the molecule is c1ccc(-c2nc(-n3c4ccccc4c4cc5ccccc5cc43)c3oc4c5ccccc5ccc4c3n2)cc1. The van der Waals surface area contributed by atoms with Gasteiger partial charge in [-0.05, 0) is 40.4 Å². The lowest BCUT2D eigenvalue weighted by Crippen LogP contribution is -2.01. The van der Waals surface area contributed by atoms with Gasteiger partial charge < -0.3 is 4.42 Å². The van der Waals surface area contributed by atoms with Crippen LogP contribution in [0.5, 0.6) is 0 Å². The van der Waals surface area contributed by atoms with Crippen molar-refractivity contribution in [3.05, 3.63) is 127 Å². The van der Waals surface area contributed by atoms with Gasteiger partial charge in [0.15, 0.2) is 17.2 Å². The summed E-state index contributed by atoms with van der Waals surface area (Å²) in [5.41, 5.74) is 5.46. The highest BCUT2D eigenvalue weighted by Crippen LogP contribution is 2.40. The van der Waals surface area contributed by atoms with Crippen LogP contribution in [0.3, 0.4) is 0 Å². The minimum absolute atomic E-state index is 0.672. The summed E-state index contributed by atoms with van der Waals surface area (Å²) in [7, 11) is 0. The van der Waals surface area contributed by atoms with E-state index in [0.717, 1.165) is 49.7 Å². The van der Waals surface area contributed by atoms with E-state index in [9.17, 15) is 0 Å². The number of furan rings is 1. The first-order chi connectivity index (χ1) is 19.8. The molecule has 6 aromatic carbocycles. The Morgan fingerprint density at radius 3 is 2.02 bits per heavy atom. The summed E-state index contributed by atoms with van der Waals surface area (Å²) in [6.45, 7) is 0. The molecular weight excluding hydrogens is 490 g/mol. The van der Waals surface area contributed by atoms with E-state index in [2.05, 4.69) is 114 Å². The van der Waals surface area contributed by atoms with Gasteiger partial charge in [0.2, 0.25) is 0 Å². The molecule has 186 valence electrons. The minimum atomic E-state index is 0.672. The maximum absolute atomic E-state index is 6.75. The fraction of sp³-hybridized carbons (Fsp3) is 0. The molecule has 4 nitrogen and oxygen atoms in total. The summed E-state index contributed by atoms with van der Waals surface area (Å²) in [5, 5.41) is 7.95. The molecule has 0 radical (unpaired) electrons. The van der Waals surface area contributed by atoms with Crippen LogP contribution in [0, 0.1) is 0 Å². The largest absolute Gasteiger partial charge is 0.450 e. The van der Waals surface area contributed by atoms with Gasteiger partial charge in [-0.25, -0.2) is 9.97 Å². The highest BCUT2D eigenvalue weighted by Gasteiger charge is 2.22. The van der Waals surface area contributed by atoms with Crippen LogP contribution in [-0.2, 0) is 0 Å². The van der Waals surface area contributed by atoms with Crippen LogP contribution in [0.4, 0.5) is 0 Å². The van der Waals surface area contributed by atoms with Crippen molar-refractivity contribution in [2.75, 3.05) is 0 Å². The Labute approximate surface area is 228 Å². The summed E-state index contributed by atoms with van der Waals surface area (Å²) in [6, 6.07) is 44.3. The molecule has 0 atom stereocenters. The third-order valence-electron chi connectivity index (χ3n) is 7.97. The van der Waals surface area contributed by atoms with Crippen molar-refractivity contribution in [3.8, 4) is 17.2 Å². The zero-order chi connectivity index (χ0) is 26.2. The summed E-state index contributed by atoms with van der Waals surface area (Å²) < 4.78 is 9.00. The van der Waals surface area contributed by atoms with Crippen molar-refractivity contribution >= 4 is 65.4 Å². The monoisotopic (exact) mass is 511 g/mol. The van der Waals surface area contributed by atoms with Gasteiger partial charge in [0, 0.05) is 27.1 Å². The lowest BCUT2D eigenvalue weighted by Gasteiger charge is -2.10. The highest BCUT2D eigenvalue weighted by molar-refractivity contribution is 6.17. The summed E-state index contributed by atoms with van der Waals surface area (Å²) in [4.78, 5) is 10.3. The first-order valence-corrected chi connectivity index (χ1v) is 13.4. The molecule has 0 spiro atoms. The van der Waals surface area contributed by atoms with Crippen LogP contribution in [0.2, 0.25) is 0 Å². The minimum Gasteiger partial charge on any atom is -0.450 e. The maximum atomic E-state index is 6.75. The number of benzene rings is 6. The Balaban J connectivity index is 1.49. The van der Waals surface area contributed by atoms with Gasteiger partial charge in [0.05, 0.1) is 11.0 Å². The fourth-order valence-corrected chi connectivity index (χ4v) is 6.11. The Hall–Kier alpha value is -5.48. The molecule has 0 aliphatic carbocycles. The Morgan fingerprint density at radius 1 is 0.475 bits per heavy atom. The van der Waals surface area contributed by atoms with Crippen LogP contribution in [0.25, 0.3) is 82.6 Å². The highest BCUT2D eigenvalue weighted by atomic mass is 16.3. The Morgan fingerprint density at radius 2 is 1.18 bits per heavy atom. The van der Waals surface area contributed by atoms with Crippen molar-refractivity contribution in [1.29, 1.82) is 0 Å². The second-order valence-corrected chi connectivity index (χ2v) is 10.2. The summed E-state index contributed by atoms with van der Waals surface area (Å²) in [5.74, 6) is 1.41. The van der Waals surface area contributed by atoms with Crippen LogP contribution >= 0.6 is 0 Å². The second kappa shape index (κ2) is 8.01. The predicted molar refractivity (Wildman–Crippen MR) is 164 cm³/mol. The second-order valence-electron chi connectivity index (χ2n) is 10.2. The number of nitrogens with zero attached hydrogens (tertiary/aromatic N) is 3. The van der Waals surface area contributed by atoms with Gasteiger partial charge in [0.1, 0.15) is 11.1 Å². The van der Waals surface area contributed by atoms with E-state index < -0.39 is 0 Å². The number of hydrogen-bond acceptors (Lipinski definition) is 3. The van der Waals surface area contributed by atoms with Crippen molar-refractivity contribution < 1.29 is 4.42 Å². The molecule has 9 aromatic rings. The Kier molecular flexibility index (Phi) is 4.30. The molecular formula is C36H21N3O. The van der Waals surface area contributed by atoms with Crippen LogP contribution in [-0.4, -0.2) is 14.5 Å². The van der Waals surface area contributed by atoms with Gasteiger partial charge in [0.25, 0.3) is 0 Å². The van der Waals surface area contributed by atoms with Crippen LogP contribution < -0.4 is 0 Å². The molecule has 0 saturated carbocycles.